The first-order chi connectivity index (χ1) is 6.33. The lowest BCUT2D eigenvalue weighted by atomic mass is 9.88. The number of pyridine rings is 1. The van der Waals surface area contributed by atoms with Crippen molar-refractivity contribution in [3.63, 3.8) is 0 Å². The predicted octanol–water partition coefficient (Wildman–Crippen LogP) is 0.841. The van der Waals surface area contributed by atoms with Crippen molar-refractivity contribution < 1.29 is 4.79 Å². The van der Waals surface area contributed by atoms with Crippen molar-refractivity contribution in [1.82, 2.24) is 4.98 Å². The van der Waals surface area contributed by atoms with Gasteiger partial charge in [-0.15, -0.1) is 0 Å². The van der Waals surface area contributed by atoms with E-state index in [1.165, 1.54) is 0 Å². The molecule has 0 aliphatic carbocycles. The van der Waals surface area contributed by atoms with E-state index in [9.17, 15) is 4.79 Å². The molecule has 0 spiro atoms. The van der Waals surface area contributed by atoms with Gasteiger partial charge in [-0.2, -0.15) is 0 Å². The number of fused-ring (bicyclic) bond motifs is 1. The predicted molar refractivity (Wildman–Crippen MR) is 52.5 cm³/mol. The summed E-state index contributed by atoms with van der Waals surface area (Å²) in [6.45, 7) is 0. The highest BCUT2D eigenvalue weighted by Gasteiger charge is 2.01. The molecule has 13 heavy (non-hydrogen) atoms. The molecule has 60 valence electrons. The van der Waals surface area contributed by atoms with E-state index in [-0.39, 0.29) is 0 Å². The molecule has 1 aromatic heterocycles. The van der Waals surface area contributed by atoms with E-state index in [2.05, 4.69) is 4.98 Å². The zero-order valence-corrected chi connectivity index (χ0v) is 6.90. The van der Waals surface area contributed by atoms with Gasteiger partial charge in [-0.05, 0) is 11.5 Å². The fourth-order valence-electron chi connectivity index (χ4n) is 1.29. The van der Waals surface area contributed by atoms with Crippen LogP contribution in [0.4, 0.5) is 0 Å². The van der Waals surface area contributed by atoms with E-state index >= 15 is 0 Å². The van der Waals surface area contributed by atoms with E-state index < -0.39 is 0 Å². The molecule has 0 saturated carbocycles. The molecule has 1 heterocycles. The fourth-order valence-corrected chi connectivity index (χ4v) is 1.29. The van der Waals surface area contributed by atoms with Crippen LogP contribution in [-0.4, -0.2) is 19.1 Å². The van der Waals surface area contributed by atoms with Gasteiger partial charge in [0.1, 0.15) is 14.1 Å². The van der Waals surface area contributed by atoms with Crippen LogP contribution in [0.15, 0.2) is 30.5 Å². The van der Waals surface area contributed by atoms with Gasteiger partial charge in [0, 0.05) is 11.8 Å². The van der Waals surface area contributed by atoms with Crippen molar-refractivity contribution in [2.24, 2.45) is 0 Å². The molecule has 0 N–H and O–H groups in total. The van der Waals surface area contributed by atoms with Crippen molar-refractivity contribution in [2.75, 3.05) is 0 Å². The van der Waals surface area contributed by atoms with Crippen LogP contribution in [-0.2, 0) is 0 Å². The van der Waals surface area contributed by atoms with Crippen molar-refractivity contribution in [2.45, 2.75) is 0 Å². The van der Waals surface area contributed by atoms with Gasteiger partial charge in [0.2, 0.25) is 0 Å². The van der Waals surface area contributed by atoms with Crippen LogP contribution >= 0.6 is 0 Å². The van der Waals surface area contributed by atoms with E-state index in [4.69, 9.17) is 7.85 Å². The molecule has 2 rings (SSSR count). The lowest BCUT2D eigenvalue weighted by Gasteiger charge is -2.02. The quantitative estimate of drug-likeness (QED) is 0.465. The van der Waals surface area contributed by atoms with Crippen LogP contribution in [0, 0.1) is 0 Å². The molecule has 0 unspecified atom stereocenters. The zero-order valence-electron chi connectivity index (χ0n) is 6.90. The molecule has 2 nitrogen and oxygen atoms in total. The Labute approximate surface area is 77.0 Å². The molecule has 2 aromatic rings. The van der Waals surface area contributed by atoms with Crippen molar-refractivity contribution >= 4 is 30.5 Å². The SMILES string of the molecule is [B]c1c(C=O)ccc2cccnc12. The summed E-state index contributed by atoms with van der Waals surface area (Å²) >= 11 is 0. The van der Waals surface area contributed by atoms with Gasteiger partial charge >= 0.3 is 0 Å². The highest BCUT2D eigenvalue weighted by molar-refractivity contribution is 6.41. The monoisotopic (exact) mass is 167 g/mol. The van der Waals surface area contributed by atoms with Crippen LogP contribution < -0.4 is 5.46 Å². The Morgan fingerprint density at radius 3 is 2.92 bits per heavy atom. The van der Waals surface area contributed by atoms with Crippen LogP contribution in [0.5, 0.6) is 0 Å². The summed E-state index contributed by atoms with van der Waals surface area (Å²) in [6.07, 6.45) is 2.40. The summed E-state index contributed by atoms with van der Waals surface area (Å²) in [5.74, 6) is 0. The Bertz CT molecular complexity index is 467. The number of carbonyl (C=O) groups excluding carboxylic acids is 1. The summed E-state index contributed by atoms with van der Waals surface area (Å²) in [4.78, 5) is 14.7. The topological polar surface area (TPSA) is 30.0 Å². The van der Waals surface area contributed by atoms with Crippen LogP contribution in [0.1, 0.15) is 10.4 Å². The normalized spacial score (nSPS) is 10.2. The molecular formula is C10H6BNO. The number of nitrogens with zero attached hydrogens (tertiary/aromatic N) is 1. The number of carbonyl (C=O) groups is 1. The minimum atomic E-state index is 0.452. The highest BCUT2D eigenvalue weighted by Crippen LogP contribution is 2.08. The average molecular weight is 167 g/mol. The van der Waals surface area contributed by atoms with Gasteiger partial charge in [-0.25, -0.2) is 0 Å². The van der Waals surface area contributed by atoms with Crippen LogP contribution in [0.2, 0.25) is 0 Å². The maximum atomic E-state index is 10.6. The molecule has 0 aliphatic heterocycles. The second kappa shape index (κ2) is 3.01. The maximum absolute atomic E-state index is 10.6. The van der Waals surface area contributed by atoms with Gasteiger partial charge in [-0.1, -0.05) is 23.7 Å². The first kappa shape index (κ1) is 7.99. The first-order valence-electron chi connectivity index (χ1n) is 3.91. The summed E-state index contributed by atoms with van der Waals surface area (Å²) in [6, 6.07) is 7.28. The smallest absolute Gasteiger partial charge is 0.149 e. The largest absolute Gasteiger partial charge is 0.298 e. The Hall–Kier alpha value is -1.64. The third-order valence-corrected chi connectivity index (χ3v) is 1.97. The molecule has 1 aromatic carbocycles. The summed E-state index contributed by atoms with van der Waals surface area (Å²) in [7, 11) is 5.74. The summed E-state index contributed by atoms with van der Waals surface area (Å²) < 4.78 is 0. The van der Waals surface area contributed by atoms with Crippen molar-refractivity contribution in [3.05, 3.63) is 36.0 Å². The second-order valence-corrected chi connectivity index (χ2v) is 2.76. The Balaban J connectivity index is 2.86. The molecule has 0 aliphatic rings. The van der Waals surface area contributed by atoms with Gasteiger partial charge in [0.05, 0.1) is 5.52 Å². The summed E-state index contributed by atoms with van der Waals surface area (Å²) in [5, 5.41) is 0.950. The number of hydrogen-bond donors (Lipinski definition) is 0. The Morgan fingerprint density at radius 2 is 2.15 bits per heavy atom. The second-order valence-electron chi connectivity index (χ2n) is 2.76. The summed E-state index contributed by atoms with van der Waals surface area (Å²) in [5.41, 5.74) is 1.63. The van der Waals surface area contributed by atoms with Crippen LogP contribution in [0.3, 0.4) is 0 Å². The van der Waals surface area contributed by atoms with E-state index in [1.807, 2.05) is 18.2 Å². The van der Waals surface area contributed by atoms with Crippen molar-refractivity contribution in [1.29, 1.82) is 0 Å². The average Bonchev–Trinajstić information content (AvgIpc) is 2.19. The lowest BCUT2D eigenvalue weighted by molar-refractivity contribution is 0.112. The molecule has 3 heteroatoms. The zero-order chi connectivity index (χ0) is 9.26. The highest BCUT2D eigenvalue weighted by atomic mass is 16.1. The number of rotatable bonds is 1. The third kappa shape index (κ3) is 1.22. The minimum Gasteiger partial charge on any atom is -0.298 e. The molecule has 0 atom stereocenters. The Kier molecular flexibility index (Phi) is 1.85. The van der Waals surface area contributed by atoms with Gasteiger partial charge < -0.3 is 0 Å². The molecule has 0 bridgehead atoms. The number of aromatic nitrogens is 1. The molecular weight excluding hydrogens is 161 g/mol. The van der Waals surface area contributed by atoms with Crippen LogP contribution in [0.25, 0.3) is 10.9 Å². The van der Waals surface area contributed by atoms with Gasteiger partial charge in [0.25, 0.3) is 0 Å². The molecule has 2 radical (unpaired) electrons. The Morgan fingerprint density at radius 1 is 1.31 bits per heavy atom. The third-order valence-electron chi connectivity index (χ3n) is 1.97. The molecule has 0 fully saturated rings. The fraction of sp³-hybridized carbons (Fsp3) is 0. The van der Waals surface area contributed by atoms with Gasteiger partial charge in [0.15, 0.2) is 0 Å². The maximum Gasteiger partial charge on any atom is 0.149 e. The first-order valence-corrected chi connectivity index (χ1v) is 3.91. The molecule has 0 saturated heterocycles. The van der Waals surface area contributed by atoms with E-state index in [0.29, 0.717) is 16.5 Å². The number of hydrogen-bond acceptors (Lipinski definition) is 2. The number of aldehydes is 1. The number of benzene rings is 1. The van der Waals surface area contributed by atoms with E-state index in [1.54, 1.807) is 12.3 Å². The lowest BCUT2D eigenvalue weighted by Crippen LogP contribution is -2.11. The van der Waals surface area contributed by atoms with Crippen molar-refractivity contribution in [3.8, 4) is 0 Å². The standard InChI is InChI=1S/C10H6BNO/c11-9-8(6-13)4-3-7-2-1-5-12-10(7)9/h1-6H. The molecule has 0 amide bonds. The van der Waals surface area contributed by atoms with Gasteiger partial charge in [-0.3, -0.25) is 9.78 Å². The minimum absolute atomic E-state index is 0.452. The van der Waals surface area contributed by atoms with E-state index in [0.717, 1.165) is 11.7 Å².